The molecular formula is C17H17N5O2. The summed E-state index contributed by atoms with van der Waals surface area (Å²) >= 11 is 0. The first-order valence-electron chi connectivity index (χ1n) is 7.59. The topological polar surface area (TPSA) is 88.9 Å². The molecule has 2 heterocycles. The first-order chi connectivity index (χ1) is 11.6. The Bertz CT molecular complexity index is 965. The maximum absolute atomic E-state index is 12.5. The van der Waals surface area contributed by atoms with Crippen molar-refractivity contribution in [1.29, 1.82) is 0 Å². The summed E-state index contributed by atoms with van der Waals surface area (Å²) in [6.45, 7) is 4.08. The Morgan fingerprint density at radius 3 is 2.67 bits per heavy atom. The molecule has 0 spiro atoms. The van der Waals surface area contributed by atoms with Gasteiger partial charge in [-0.1, -0.05) is 18.2 Å². The van der Waals surface area contributed by atoms with Crippen molar-refractivity contribution in [2.45, 2.75) is 20.4 Å². The van der Waals surface area contributed by atoms with Gasteiger partial charge in [0.1, 0.15) is 5.69 Å². The summed E-state index contributed by atoms with van der Waals surface area (Å²) in [7, 11) is 0. The second-order valence-corrected chi connectivity index (χ2v) is 5.25. The fraction of sp³-hybridized carbons (Fsp3) is 0.176. The van der Waals surface area contributed by atoms with Crippen LogP contribution in [0.15, 0.2) is 47.3 Å². The van der Waals surface area contributed by atoms with E-state index in [0.717, 1.165) is 5.69 Å². The zero-order valence-corrected chi connectivity index (χ0v) is 13.4. The number of nitrogens with zero attached hydrogens (tertiary/aromatic N) is 3. The molecule has 0 unspecified atom stereocenters. The van der Waals surface area contributed by atoms with Gasteiger partial charge in [-0.3, -0.25) is 25.0 Å². The summed E-state index contributed by atoms with van der Waals surface area (Å²) in [5.41, 5.74) is 6.70. The normalized spacial score (nSPS) is 10.6. The van der Waals surface area contributed by atoms with Crippen LogP contribution in [0.5, 0.6) is 0 Å². The summed E-state index contributed by atoms with van der Waals surface area (Å²) in [5, 5.41) is 0.538. The average Bonchev–Trinajstić information content (AvgIpc) is 2.60. The minimum absolute atomic E-state index is 0.159. The van der Waals surface area contributed by atoms with E-state index in [-0.39, 0.29) is 17.2 Å². The smallest absolute Gasteiger partial charge is 0.277 e. The number of hydrogen-bond donors (Lipinski definition) is 2. The summed E-state index contributed by atoms with van der Waals surface area (Å²) in [5.74, 6) is -0.119. The first kappa shape index (κ1) is 15.7. The van der Waals surface area contributed by atoms with Crippen molar-refractivity contribution in [3.05, 3.63) is 64.2 Å². The average molecular weight is 323 g/mol. The number of carbonyl (C=O) groups excluding carboxylic acids is 1. The van der Waals surface area contributed by atoms with E-state index in [1.54, 1.807) is 30.3 Å². The molecule has 0 aliphatic heterocycles. The number of anilines is 1. The summed E-state index contributed by atoms with van der Waals surface area (Å²) in [6.07, 6.45) is 0. The number of hydrazine groups is 1. The molecule has 0 aliphatic rings. The van der Waals surface area contributed by atoms with Crippen LogP contribution >= 0.6 is 0 Å². The molecule has 0 fully saturated rings. The Balaban J connectivity index is 1.90. The zero-order chi connectivity index (χ0) is 17.1. The van der Waals surface area contributed by atoms with Crippen LogP contribution in [0.3, 0.4) is 0 Å². The van der Waals surface area contributed by atoms with Crippen molar-refractivity contribution in [2.75, 3.05) is 5.43 Å². The molecule has 3 rings (SSSR count). The van der Waals surface area contributed by atoms with Crippen molar-refractivity contribution in [3.8, 4) is 0 Å². The Labute approximate surface area is 138 Å². The molecule has 2 aromatic heterocycles. The van der Waals surface area contributed by atoms with Gasteiger partial charge in [0, 0.05) is 12.2 Å². The number of nitrogens with one attached hydrogen (secondary N) is 2. The van der Waals surface area contributed by atoms with Gasteiger partial charge < -0.3 is 0 Å². The molecule has 122 valence electrons. The van der Waals surface area contributed by atoms with Crippen LogP contribution in [-0.2, 0) is 6.54 Å². The highest BCUT2D eigenvalue weighted by atomic mass is 16.2. The maximum Gasteiger partial charge on any atom is 0.288 e. The molecule has 7 nitrogen and oxygen atoms in total. The fourth-order valence-electron chi connectivity index (χ4n) is 2.40. The van der Waals surface area contributed by atoms with E-state index in [1.807, 2.05) is 26.0 Å². The molecule has 3 aromatic rings. The van der Waals surface area contributed by atoms with Gasteiger partial charge in [0.25, 0.3) is 11.5 Å². The Morgan fingerprint density at radius 2 is 1.92 bits per heavy atom. The zero-order valence-electron chi connectivity index (χ0n) is 13.4. The van der Waals surface area contributed by atoms with Crippen molar-refractivity contribution in [2.24, 2.45) is 0 Å². The number of para-hydroxylation sites is 1. The molecule has 2 N–H and O–H groups in total. The lowest BCUT2D eigenvalue weighted by Gasteiger charge is -2.13. The molecule has 1 amide bonds. The lowest BCUT2D eigenvalue weighted by Crippen LogP contribution is -2.34. The third-order valence-corrected chi connectivity index (χ3v) is 3.59. The summed E-state index contributed by atoms with van der Waals surface area (Å²) in [6, 6.07) is 12.3. The number of rotatable bonds is 4. The quantitative estimate of drug-likeness (QED) is 0.716. The molecule has 7 heteroatoms. The van der Waals surface area contributed by atoms with E-state index in [0.29, 0.717) is 17.4 Å². The fourth-order valence-corrected chi connectivity index (χ4v) is 2.40. The molecular weight excluding hydrogens is 306 g/mol. The van der Waals surface area contributed by atoms with Gasteiger partial charge >= 0.3 is 0 Å². The number of aryl methyl sites for hydroxylation is 1. The van der Waals surface area contributed by atoms with E-state index in [1.165, 1.54) is 4.57 Å². The second kappa shape index (κ2) is 6.49. The third kappa shape index (κ3) is 2.96. The predicted octanol–water partition coefficient (Wildman–Crippen LogP) is 1.88. The Kier molecular flexibility index (Phi) is 4.24. The van der Waals surface area contributed by atoms with Gasteiger partial charge in [-0.15, -0.1) is 0 Å². The predicted molar refractivity (Wildman–Crippen MR) is 91.7 cm³/mol. The van der Waals surface area contributed by atoms with Crippen molar-refractivity contribution in [3.63, 3.8) is 0 Å². The second-order valence-electron chi connectivity index (χ2n) is 5.25. The SMILES string of the molecule is CCn1c(NNC(=O)c2cccc(C)n2)nc2ccccc2c1=O. The van der Waals surface area contributed by atoms with E-state index >= 15 is 0 Å². The van der Waals surface area contributed by atoms with Crippen molar-refractivity contribution < 1.29 is 4.79 Å². The lowest BCUT2D eigenvalue weighted by atomic mass is 10.2. The van der Waals surface area contributed by atoms with Gasteiger partial charge in [-0.2, -0.15) is 0 Å². The van der Waals surface area contributed by atoms with Crippen LogP contribution in [0.2, 0.25) is 0 Å². The minimum atomic E-state index is -0.399. The molecule has 0 aliphatic carbocycles. The van der Waals surface area contributed by atoms with E-state index in [2.05, 4.69) is 20.8 Å². The van der Waals surface area contributed by atoms with Crippen LogP contribution in [0.25, 0.3) is 10.9 Å². The summed E-state index contributed by atoms with van der Waals surface area (Å²) in [4.78, 5) is 33.2. The highest BCUT2D eigenvalue weighted by Gasteiger charge is 2.11. The number of fused-ring (bicyclic) bond motifs is 1. The Hall–Kier alpha value is -3.22. The van der Waals surface area contributed by atoms with Crippen LogP contribution in [0, 0.1) is 6.92 Å². The van der Waals surface area contributed by atoms with E-state index in [9.17, 15) is 9.59 Å². The molecule has 0 atom stereocenters. The highest BCUT2D eigenvalue weighted by molar-refractivity contribution is 5.93. The molecule has 0 saturated heterocycles. The van der Waals surface area contributed by atoms with Crippen molar-refractivity contribution in [1.82, 2.24) is 20.0 Å². The highest BCUT2D eigenvalue weighted by Crippen LogP contribution is 2.10. The third-order valence-electron chi connectivity index (χ3n) is 3.59. The molecule has 0 radical (unpaired) electrons. The van der Waals surface area contributed by atoms with Crippen LogP contribution in [0.4, 0.5) is 5.95 Å². The van der Waals surface area contributed by atoms with Crippen LogP contribution < -0.4 is 16.4 Å². The minimum Gasteiger partial charge on any atom is -0.277 e. The van der Waals surface area contributed by atoms with Gasteiger partial charge in [-0.05, 0) is 38.1 Å². The molecule has 1 aromatic carbocycles. The molecule has 24 heavy (non-hydrogen) atoms. The van der Waals surface area contributed by atoms with E-state index < -0.39 is 5.91 Å². The number of pyridine rings is 1. The van der Waals surface area contributed by atoms with Crippen LogP contribution in [0.1, 0.15) is 23.1 Å². The standard InChI is InChI=1S/C17H17N5O2/c1-3-22-16(24)12-8-4-5-9-13(12)19-17(22)21-20-15(23)14-10-6-7-11(2)18-14/h4-10H,3H2,1-2H3,(H,19,21)(H,20,23). The largest absolute Gasteiger partial charge is 0.288 e. The van der Waals surface area contributed by atoms with Crippen LogP contribution in [-0.4, -0.2) is 20.4 Å². The van der Waals surface area contributed by atoms with Gasteiger partial charge in [-0.25, -0.2) is 9.97 Å². The number of amides is 1. The number of hydrogen-bond acceptors (Lipinski definition) is 5. The summed E-state index contributed by atoms with van der Waals surface area (Å²) < 4.78 is 1.46. The number of aromatic nitrogens is 3. The molecule has 0 saturated carbocycles. The number of carbonyl (C=O) groups is 1. The van der Waals surface area contributed by atoms with Crippen molar-refractivity contribution >= 4 is 22.8 Å². The monoisotopic (exact) mass is 323 g/mol. The van der Waals surface area contributed by atoms with Gasteiger partial charge in [0.15, 0.2) is 0 Å². The maximum atomic E-state index is 12.5. The van der Waals surface area contributed by atoms with Gasteiger partial charge in [0.2, 0.25) is 5.95 Å². The lowest BCUT2D eigenvalue weighted by molar-refractivity contribution is 0.0957. The van der Waals surface area contributed by atoms with Gasteiger partial charge in [0.05, 0.1) is 10.9 Å². The Morgan fingerprint density at radius 1 is 1.12 bits per heavy atom. The van der Waals surface area contributed by atoms with E-state index in [4.69, 9.17) is 0 Å². The first-order valence-corrected chi connectivity index (χ1v) is 7.59. The molecule has 0 bridgehead atoms. The number of benzene rings is 1.